The fourth-order valence-electron chi connectivity index (χ4n) is 3.36. The number of Topliss-reactive ketones (excluding diaryl/α,β-unsaturated/α-hetero) is 1. The Balaban J connectivity index is 1.57. The highest BCUT2D eigenvalue weighted by molar-refractivity contribution is 7.15. The number of nitro groups is 1. The molecule has 0 bridgehead atoms. The topological polar surface area (TPSA) is 60.2 Å². The van der Waals surface area contributed by atoms with Gasteiger partial charge in [0.05, 0.1) is 4.92 Å². The average molecular weight is 343 g/mol. The maximum Gasteiger partial charge on any atom is 0.324 e. The lowest BCUT2D eigenvalue weighted by Crippen LogP contribution is -2.05. The molecule has 1 aromatic heterocycles. The van der Waals surface area contributed by atoms with Crippen molar-refractivity contribution in [2.75, 3.05) is 0 Å². The molecule has 1 aliphatic rings. The standard InChI is InChI=1S/C19H21NO3S/c21-18(12-10-17-11-13-19(24-17)20(22)23)16-8-6-15(7-9-16)14-4-2-1-3-5-14/h6-9,11,13-14H,1-5,10,12H2. The molecular formula is C19H21NO3S. The number of hydrogen-bond donors (Lipinski definition) is 0. The number of carbonyl (C=O) groups excluding carboxylic acids is 1. The Morgan fingerprint density at radius 3 is 2.42 bits per heavy atom. The molecule has 1 saturated carbocycles. The summed E-state index contributed by atoms with van der Waals surface area (Å²) in [6.07, 6.45) is 7.40. The zero-order chi connectivity index (χ0) is 16.9. The first-order valence-corrected chi connectivity index (χ1v) is 9.31. The van der Waals surface area contributed by atoms with Gasteiger partial charge in [-0.1, -0.05) is 54.9 Å². The van der Waals surface area contributed by atoms with Crippen LogP contribution in [0.2, 0.25) is 0 Å². The summed E-state index contributed by atoms with van der Waals surface area (Å²) in [5, 5.41) is 10.8. The van der Waals surface area contributed by atoms with Crippen molar-refractivity contribution in [2.24, 2.45) is 0 Å². The van der Waals surface area contributed by atoms with Crippen molar-refractivity contribution in [1.82, 2.24) is 0 Å². The second kappa shape index (κ2) is 7.71. The van der Waals surface area contributed by atoms with E-state index in [4.69, 9.17) is 0 Å². The van der Waals surface area contributed by atoms with Crippen molar-refractivity contribution in [1.29, 1.82) is 0 Å². The molecule has 5 heteroatoms. The normalized spacial score (nSPS) is 15.3. The lowest BCUT2D eigenvalue weighted by atomic mass is 9.84. The highest BCUT2D eigenvalue weighted by Gasteiger charge is 2.16. The summed E-state index contributed by atoms with van der Waals surface area (Å²) in [4.78, 5) is 23.5. The smallest absolute Gasteiger partial charge is 0.294 e. The number of rotatable bonds is 6. The summed E-state index contributed by atoms with van der Waals surface area (Å²) >= 11 is 1.15. The second-order valence-electron chi connectivity index (χ2n) is 6.38. The Morgan fingerprint density at radius 2 is 1.79 bits per heavy atom. The minimum absolute atomic E-state index is 0.0984. The molecule has 1 heterocycles. The highest BCUT2D eigenvalue weighted by atomic mass is 32.1. The van der Waals surface area contributed by atoms with Gasteiger partial charge in [-0.2, -0.15) is 0 Å². The van der Waals surface area contributed by atoms with Crippen LogP contribution in [0.3, 0.4) is 0 Å². The van der Waals surface area contributed by atoms with E-state index in [0.29, 0.717) is 18.8 Å². The Bertz CT molecular complexity index is 714. The molecule has 0 amide bonds. The van der Waals surface area contributed by atoms with E-state index in [2.05, 4.69) is 12.1 Å². The number of ketones is 1. The summed E-state index contributed by atoms with van der Waals surface area (Å²) in [5.41, 5.74) is 2.08. The summed E-state index contributed by atoms with van der Waals surface area (Å²) in [6, 6.07) is 11.3. The molecule has 0 N–H and O–H groups in total. The lowest BCUT2D eigenvalue weighted by molar-refractivity contribution is -0.380. The number of hydrogen-bond acceptors (Lipinski definition) is 4. The molecule has 3 rings (SSSR count). The van der Waals surface area contributed by atoms with Crippen LogP contribution in [-0.4, -0.2) is 10.7 Å². The van der Waals surface area contributed by atoms with Crippen molar-refractivity contribution < 1.29 is 9.72 Å². The number of carbonyl (C=O) groups is 1. The summed E-state index contributed by atoms with van der Waals surface area (Å²) in [5.74, 6) is 0.746. The number of nitrogens with zero attached hydrogens (tertiary/aromatic N) is 1. The molecule has 0 aliphatic heterocycles. The van der Waals surface area contributed by atoms with E-state index < -0.39 is 0 Å². The first-order chi connectivity index (χ1) is 11.6. The van der Waals surface area contributed by atoms with Gasteiger partial charge in [0.15, 0.2) is 5.78 Å². The van der Waals surface area contributed by atoms with Crippen molar-refractivity contribution in [3.05, 3.63) is 62.5 Å². The van der Waals surface area contributed by atoms with Gasteiger partial charge >= 0.3 is 5.00 Å². The van der Waals surface area contributed by atoms with Gasteiger partial charge in [-0.25, -0.2) is 0 Å². The van der Waals surface area contributed by atoms with Gasteiger partial charge in [0.25, 0.3) is 0 Å². The molecule has 1 aliphatic carbocycles. The second-order valence-corrected chi connectivity index (χ2v) is 7.52. The maximum atomic E-state index is 12.3. The van der Waals surface area contributed by atoms with Crippen LogP contribution in [0.1, 0.15) is 65.2 Å². The van der Waals surface area contributed by atoms with E-state index in [0.717, 1.165) is 21.8 Å². The fourth-order valence-corrected chi connectivity index (χ4v) is 4.18. The van der Waals surface area contributed by atoms with E-state index in [1.165, 1.54) is 43.7 Å². The predicted molar refractivity (Wildman–Crippen MR) is 95.9 cm³/mol. The van der Waals surface area contributed by atoms with E-state index in [1.807, 2.05) is 12.1 Å². The number of thiophene rings is 1. The largest absolute Gasteiger partial charge is 0.324 e. The molecule has 1 aromatic carbocycles. The molecule has 1 fully saturated rings. The molecule has 0 atom stereocenters. The SMILES string of the molecule is O=C(CCc1ccc([N+](=O)[O-])s1)c1ccc(C2CCCCC2)cc1. The maximum absolute atomic E-state index is 12.3. The first-order valence-electron chi connectivity index (χ1n) is 8.50. The van der Waals surface area contributed by atoms with Gasteiger partial charge in [-0.05, 0) is 36.8 Å². The third-order valence-electron chi connectivity index (χ3n) is 4.74. The predicted octanol–water partition coefficient (Wildman–Crippen LogP) is 5.52. The van der Waals surface area contributed by atoms with Gasteiger partial charge < -0.3 is 0 Å². The third kappa shape index (κ3) is 4.09. The minimum Gasteiger partial charge on any atom is -0.294 e. The van der Waals surface area contributed by atoms with Gasteiger partial charge in [0.1, 0.15) is 0 Å². The van der Waals surface area contributed by atoms with E-state index in [1.54, 1.807) is 6.07 Å². The van der Waals surface area contributed by atoms with Gasteiger partial charge in [0.2, 0.25) is 0 Å². The van der Waals surface area contributed by atoms with Crippen LogP contribution in [0.5, 0.6) is 0 Å². The average Bonchev–Trinajstić information content (AvgIpc) is 3.10. The first kappa shape index (κ1) is 16.8. The Kier molecular flexibility index (Phi) is 5.41. The van der Waals surface area contributed by atoms with Crippen LogP contribution < -0.4 is 0 Å². The number of aryl methyl sites for hydroxylation is 1. The minimum atomic E-state index is -0.389. The van der Waals surface area contributed by atoms with Crippen molar-refractivity contribution >= 4 is 22.1 Å². The van der Waals surface area contributed by atoms with Crippen molar-refractivity contribution in [3.8, 4) is 0 Å². The Hall–Kier alpha value is -2.01. The van der Waals surface area contributed by atoms with Crippen molar-refractivity contribution in [3.63, 3.8) is 0 Å². The summed E-state index contributed by atoms with van der Waals surface area (Å²) in [7, 11) is 0. The Labute approximate surface area is 145 Å². The van der Waals surface area contributed by atoms with Crippen LogP contribution >= 0.6 is 11.3 Å². The van der Waals surface area contributed by atoms with Crippen LogP contribution in [-0.2, 0) is 6.42 Å². The molecule has 0 radical (unpaired) electrons. The fraction of sp³-hybridized carbons (Fsp3) is 0.421. The quantitative estimate of drug-likeness (QED) is 0.394. The van der Waals surface area contributed by atoms with E-state index >= 15 is 0 Å². The van der Waals surface area contributed by atoms with E-state index in [9.17, 15) is 14.9 Å². The number of benzene rings is 1. The molecule has 0 spiro atoms. The highest BCUT2D eigenvalue weighted by Crippen LogP contribution is 2.32. The lowest BCUT2D eigenvalue weighted by Gasteiger charge is -2.22. The molecule has 126 valence electrons. The molecule has 2 aromatic rings. The van der Waals surface area contributed by atoms with Crippen LogP contribution in [0.4, 0.5) is 5.00 Å². The monoisotopic (exact) mass is 343 g/mol. The molecule has 0 saturated heterocycles. The summed E-state index contributed by atoms with van der Waals surface area (Å²) in [6.45, 7) is 0. The van der Waals surface area contributed by atoms with Crippen molar-refractivity contribution in [2.45, 2.75) is 50.9 Å². The Morgan fingerprint density at radius 1 is 1.08 bits per heavy atom. The molecule has 4 nitrogen and oxygen atoms in total. The molecular weight excluding hydrogens is 322 g/mol. The zero-order valence-corrected chi connectivity index (χ0v) is 14.4. The zero-order valence-electron chi connectivity index (χ0n) is 13.6. The van der Waals surface area contributed by atoms with Crippen LogP contribution in [0.25, 0.3) is 0 Å². The van der Waals surface area contributed by atoms with Gasteiger partial charge in [-0.3, -0.25) is 14.9 Å². The van der Waals surface area contributed by atoms with Gasteiger partial charge in [-0.15, -0.1) is 0 Å². The summed E-state index contributed by atoms with van der Waals surface area (Å²) < 4.78 is 0. The van der Waals surface area contributed by atoms with E-state index in [-0.39, 0.29) is 15.7 Å². The molecule has 24 heavy (non-hydrogen) atoms. The van der Waals surface area contributed by atoms with Crippen LogP contribution in [0, 0.1) is 10.1 Å². The third-order valence-corrected chi connectivity index (χ3v) is 5.83. The van der Waals surface area contributed by atoms with Gasteiger partial charge in [0, 0.05) is 22.9 Å². The van der Waals surface area contributed by atoms with Crippen LogP contribution in [0.15, 0.2) is 36.4 Å². The molecule has 0 unspecified atom stereocenters.